The van der Waals surface area contributed by atoms with Crippen LogP contribution in [0.3, 0.4) is 0 Å². The molecule has 2 N–H and O–H groups in total. The largest absolute Gasteiger partial charge is 0.495 e. The number of methoxy groups -OCH3 is 1. The van der Waals surface area contributed by atoms with Gasteiger partial charge in [-0.1, -0.05) is 24.3 Å². The molecule has 28 heavy (non-hydrogen) atoms. The zero-order valence-corrected chi connectivity index (χ0v) is 16.3. The van der Waals surface area contributed by atoms with Crippen molar-refractivity contribution in [1.82, 2.24) is 9.29 Å². The van der Waals surface area contributed by atoms with Gasteiger partial charge in [-0.15, -0.1) is 0 Å². The van der Waals surface area contributed by atoms with Crippen molar-refractivity contribution in [1.29, 1.82) is 0 Å². The average molecular weight is 395 g/mol. The zero-order valence-electron chi connectivity index (χ0n) is 15.5. The van der Waals surface area contributed by atoms with Gasteiger partial charge in [0, 0.05) is 37.1 Å². The normalized spacial score (nSPS) is 14.5. The maximum atomic E-state index is 13.4. The first-order chi connectivity index (χ1) is 13.5. The Morgan fingerprint density at radius 2 is 1.89 bits per heavy atom. The van der Waals surface area contributed by atoms with E-state index in [1.807, 2.05) is 36.4 Å². The van der Waals surface area contributed by atoms with Crippen molar-refractivity contribution >= 4 is 15.7 Å². The summed E-state index contributed by atoms with van der Waals surface area (Å²) in [6, 6.07) is 16.3. The number of rotatable bonds is 4. The smallest absolute Gasteiger partial charge is 0.247 e. The van der Waals surface area contributed by atoms with Crippen LogP contribution in [0.2, 0.25) is 0 Å². The predicted octanol–water partition coefficient (Wildman–Crippen LogP) is 3.09. The second-order valence-electron chi connectivity index (χ2n) is 6.69. The van der Waals surface area contributed by atoms with E-state index in [0.717, 1.165) is 22.4 Å². The molecule has 0 radical (unpaired) electrons. The monoisotopic (exact) mass is 395 g/mol. The van der Waals surface area contributed by atoms with Crippen molar-refractivity contribution in [2.45, 2.75) is 17.9 Å². The average Bonchev–Trinajstić information content (AvgIpc) is 2.73. The number of benzene rings is 2. The lowest BCUT2D eigenvalue weighted by atomic mass is 10.1. The Kier molecular flexibility index (Phi) is 4.78. The fourth-order valence-corrected chi connectivity index (χ4v) is 5.06. The predicted molar refractivity (Wildman–Crippen MR) is 108 cm³/mol. The number of nitrogen functional groups attached to an aromatic ring is 1. The van der Waals surface area contributed by atoms with Crippen LogP contribution in [0.15, 0.2) is 65.7 Å². The van der Waals surface area contributed by atoms with Gasteiger partial charge in [0.15, 0.2) is 0 Å². The van der Waals surface area contributed by atoms with E-state index in [2.05, 4.69) is 4.98 Å². The third-order valence-electron chi connectivity index (χ3n) is 4.93. The van der Waals surface area contributed by atoms with Crippen molar-refractivity contribution in [3.05, 3.63) is 72.1 Å². The molecule has 0 spiro atoms. The van der Waals surface area contributed by atoms with Crippen LogP contribution in [0.1, 0.15) is 11.3 Å². The molecular weight excluding hydrogens is 374 g/mol. The van der Waals surface area contributed by atoms with Crippen molar-refractivity contribution in [3.63, 3.8) is 0 Å². The lowest BCUT2D eigenvalue weighted by Gasteiger charge is -2.28. The Hall–Kier alpha value is -2.90. The van der Waals surface area contributed by atoms with Crippen molar-refractivity contribution in [3.8, 4) is 16.9 Å². The van der Waals surface area contributed by atoms with Crippen LogP contribution in [0, 0.1) is 0 Å². The van der Waals surface area contributed by atoms with Crippen molar-refractivity contribution < 1.29 is 13.2 Å². The topological polar surface area (TPSA) is 85.5 Å². The molecule has 0 saturated heterocycles. The van der Waals surface area contributed by atoms with Gasteiger partial charge in [-0.05, 0) is 47.0 Å². The van der Waals surface area contributed by atoms with E-state index in [0.29, 0.717) is 30.9 Å². The summed E-state index contributed by atoms with van der Waals surface area (Å²) in [7, 11) is -2.26. The SMILES string of the molecule is COc1ccc(-c2cccc(N)c2)cc1S(=O)(=O)N1CCc2ncccc2C1. The summed E-state index contributed by atoms with van der Waals surface area (Å²) in [6.07, 6.45) is 2.33. The highest BCUT2D eigenvalue weighted by Crippen LogP contribution is 2.34. The summed E-state index contributed by atoms with van der Waals surface area (Å²) in [5.41, 5.74) is 10.0. The Morgan fingerprint density at radius 3 is 2.68 bits per heavy atom. The second-order valence-corrected chi connectivity index (χ2v) is 8.60. The van der Waals surface area contributed by atoms with Gasteiger partial charge in [0.2, 0.25) is 10.0 Å². The number of hydrogen-bond acceptors (Lipinski definition) is 5. The Bertz CT molecular complexity index is 1130. The molecule has 2 aromatic carbocycles. The summed E-state index contributed by atoms with van der Waals surface area (Å²) < 4.78 is 33.7. The van der Waals surface area contributed by atoms with Crippen LogP contribution in [0.5, 0.6) is 5.75 Å². The fourth-order valence-electron chi connectivity index (χ4n) is 3.46. The number of anilines is 1. The Morgan fingerprint density at radius 1 is 1.07 bits per heavy atom. The minimum absolute atomic E-state index is 0.155. The molecule has 144 valence electrons. The van der Waals surface area contributed by atoms with Gasteiger partial charge < -0.3 is 10.5 Å². The third-order valence-corrected chi connectivity index (χ3v) is 6.80. The van der Waals surface area contributed by atoms with Crippen LogP contribution in [-0.4, -0.2) is 31.4 Å². The molecule has 0 atom stereocenters. The molecule has 1 aliphatic rings. The quantitative estimate of drug-likeness (QED) is 0.686. The van der Waals surface area contributed by atoms with E-state index in [-0.39, 0.29) is 4.90 Å². The molecule has 0 saturated carbocycles. The van der Waals surface area contributed by atoms with E-state index in [4.69, 9.17) is 10.5 Å². The van der Waals surface area contributed by atoms with Crippen LogP contribution in [0.4, 0.5) is 5.69 Å². The van der Waals surface area contributed by atoms with Crippen LogP contribution >= 0.6 is 0 Å². The molecule has 0 unspecified atom stereocenters. The van der Waals surface area contributed by atoms with Gasteiger partial charge >= 0.3 is 0 Å². The van der Waals surface area contributed by atoms with Crippen LogP contribution in [-0.2, 0) is 23.0 Å². The van der Waals surface area contributed by atoms with Gasteiger partial charge in [0.1, 0.15) is 10.6 Å². The molecule has 1 aromatic heterocycles. The molecule has 3 aromatic rings. The number of nitrogens with zero attached hydrogens (tertiary/aromatic N) is 2. The zero-order chi connectivity index (χ0) is 19.7. The fraction of sp³-hybridized carbons (Fsp3) is 0.190. The molecule has 1 aliphatic heterocycles. The highest BCUT2D eigenvalue weighted by Gasteiger charge is 2.31. The summed E-state index contributed by atoms with van der Waals surface area (Å²) >= 11 is 0. The maximum Gasteiger partial charge on any atom is 0.247 e. The van der Waals surface area contributed by atoms with Gasteiger partial charge in [-0.3, -0.25) is 4.98 Å². The number of fused-ring (bicyclic) bond motifs is 1. The van der Waals surface area contributed by atoms with Gasteiger partial charge in [0.05, 0.1) is 7.11 Å². The van der Waals surface area contributed by atoms with E-state index in [1.54, 1.807) is 24.4 Å². The summed E-state index contributed by atoms with van der Waals surface area (Å²) in [5, 5.41) is 0. The molecule has 4 rings (SSSR count). The minimum Gasteiger partial charge on any atom is -0.495 e. The lowest BCUT2D eigenvalue weighted by molar-refractivity contribution is 0.375. The second kappa shape index (κ2) is 7.26. The summed E-state index contributed by atoms with van der Waals surface area (Å²) in [5.74, 6) is 0.324. The van der Waals surface area contributed by atoms with Crippen LogP contribution in [0.25, 0.3) is 11.1 Å². The third kappa shape index (κ3) is 3.34. The molecular formula is C21H21N3O3S. The van der Waals surface area contributed by atoms with Gasteiger partial charge in [-0.25, -0.2) is 8.42 Å². The molecule has 2 heterocycles. The molecule has 0 aliphatic carbocycles. The number of hydrogen-bond donors (Lipinski definition) is 1. The van der Waals surface area contributed by atoms with Gasteiger partial charge in [-0.2, -0.15) is 4.31 Å². The van der Waals surface area contributed by atoms with E-state index >= 15 is 0 Å². The minimum atomic E-state index is -3.74. The summed E-state index contributed by atoms with van der Waals surface area (Å²) in [4.78, 5) is 4.50. The lowest BCUT2D eigenvalue weighted by Crippen LogP contribution is -2.36. The number of pyridine rings is 1. The highest BCUT2D eigenvalue weighted by atomic mass is 32.2. The first-order valence-electron chi connectivity index (χ1n) is 8.96. The Balaban J connectivity index is 1.76. The number of aromatic nitrogens is 1. The van der Waals surface area contributed by atoms with Crippen LogP contribution < -0.4 is 10.5 Å². The molecule has 7 heteroatoms. The first kappa shape index (κ1) is 18.5. The number of sulfonamides is 1. The van der Waals surface area contributed by atoms with E-state index in [1.165, 1.54) is 11.4 Å². The van der Waals surface area contributed by atoms with E-state index < -0.39 is 10.0 Å². The Labute approximate surface area is 164 Å². The summed E-state index contributed by atoms with van der Waals surface area (Å²) in [6.45, 7) is 0.690. The number of nitrogens with two attached hydrogens (primary N) is 1. The van der Waals surface area contributed by atoms with Crippen molar-refractivity contribution in [2.24, 2.45) is 0 Å². The molecule has 0 fully saturated rings. The standard InChI is InChI=1S/C21H21N3O3S/c1-27-20-8-7-16(15-4-2-6-18(22)12-15)13-21(20)28(25,26)24-11-9-19-17(14-24)5-3-10-23-19/h2-8,10,12-13H,9,11,14,22H2,1H3. The van der Waals surface area contributed by atoms with Crippen molar-refractivity contribution in [2.75, 3.05) is 19.4 Å². The number of ether oxygens (including phenoxy) is 1. The van der Waals surface area contributed by atoms with Gasteiger partial charge in [0.25, 0.3) is 0 Å². The molecule has 0 amide bonds. The maximum absolute atomic E-state index is 13.4. The highest BCUT2D eigenvalue weighted by molar-refractivity contribution is 7.89. The molecule has 0 bridgehead atoms. The molecule has 6 nitrogen and oxygen atoms in total. The first-order valence-corrected chi connectivity index (χ1v) is 10.4. The van der Waals surface area contributed by atoms with E-state index in [9.17, 15) is 8.42 Å².